The third-order valence-corrected chi connectivity index (χ3v) is 6.05. The first-order valence-electron chi connectivity index (χ1n) is 8.26. The number of rotatable bonds is 4. The first kappa shape index (κ1) is 18.5. The molecule has 7 heteroatoms. The van der Waals surface area contributed by atoms with E-state index in [4.69, 9.17) is 8.92 Å². The first-order chi connectivity index (χ1) is 13.4. The number of carbonyl (C=O) groups excluding carboxylic acids is 1. The van der Waals surface area contributed by atoms with E-state index in [9.17, 15) is 13.2 Å². The van der Waals surface area contributed by atoms with Gasteiger partial charge in [-0.3, -0.25) is 4.79 Å². The van der Waals surface area contributed by atoms with Crippen molar-refractivity contribution in [2.45, 2.75) is 4.90 Å². The number of carbonyl (C=O) groups is 1. The Morgan fingerprint density at radius 1 is 0.929 bits per heavy atom. The minimum Gasteiger partial charge on any atom is -0.452 e. The van der Waals surface area contributed by atoms with Crippen LogP contribution in [0.1, 0.15) is 15.9 Å². The zero-order valence-corrected chi connectivity index (χ0v) is 16.7. The van der Waals surface area contributed by atoms with Gasteiger partial charge in [0.25, 0.3) is 0 Å². The van der Waals surface area contributed by atoms with E-state index in [2.05, 4.69) is 15.9 Å². The highest BCUT2D eigenvalue weighted by Gasteiger charge is 2.28. The molecule has 0 fully saturated rings. The molecule has 0 spiro atoms. The first-order valence-corrected chi connectivity index (χ1v) is 10.5. The molecule has 0 aliphatic carbocycles. The summed E-state index contributed by atoms with van der Waals surface area (Å²) in [7, 11) is -3.97. The van der Waals surface area contributed by atoms with Crippen LogP contribution >= 0.6 is 15.9 Å². The molecule has 1 heterocycles. The van der Waals surface area contributed by atoms with E-state index in [1.54, 1.807) is 24.3 Å². The number of allylic oxidation sites excluding steroid dienone is 1. The van der Waals surface area contributed by atoms with E-state index >= 15 is 0 Å². The largest absolute Gasteiger partial charge is 0.452 e. The van der Waals surface area contributed by atoms with Crippen LogP contribution in [-0.2, 0) is 10.1 Å². The molecule has 0 unspecified atom stereocenters. The summed E-state index contributed by atoms with van der Waals surface area (Å²) in [6, 6.07) is 19.6. The third kappa shape index (κ3) is 3.58. The van der Waals surface area contributed by atoms with E-state index in [0.29, 0.717) is 5.56 Å². The summed E-state index contributed by atoms with van der Waals surface area (Å²) in [5.74, 6) is 0.204. The molecule has 1 aliphatic heterocycles. The molecule has 5 nitrogen and oxygen atoms in total. The van der Waals surface area contributed by atoms with Crippen LogP contribution in [0.5, 0.6) is 11.5 Å². The predicted molar refractivity (Wildman–Crippen MR) is 108 cm³/mol. The van der Waals surface area contributed by atoms with E-state index in [-0.39, 0.29) is 27.9 Å². The molecule has 28 heavy (non-hydrogen) atoms. The van der Waals surface area contributed by atoms with Crippen molar-refractivity contribution in [3.63, 3.8) is 0 Å². The van der Waals surface area contributed by atoms with Crippen LogP contribution in [0.3, 0.4) is 0 Å². The molecular formula is C21H13BrO5S. The second-order valence-electron chi connectivity index (χ2n) is 5.97. The van der Waals surface area contributed by atoms with Gasteiger partial charge in [-0.15, -0.1) is 0 Å². The Bertz CT molecular complexity index is 1200. The Kier molecular flexibility index (Phi) is 4.78. The van der Waals surface area contributed by atoms with Gasteiger partial charge < -0.3 is 8.92 Å². The fourth-order valence-electron chi connectivity index (χ4n) is 2.71. The van der Waals surface area contributed by atoms with Gasteiger partial charge in [0.05, 0.1) is 5.56 Å². The molecule has 0 bridgehead atoms. The Hall–Kier alpha value is -2.90. The van der Waals surface area contributed by atoms with Crippen LogP contribution in [0.2, 0.25) is 0 Å². The van der Waals surface area contributed by atoms with Crippen LogP contribution in [0.15, 0.2) is 87.9 Å². The van der Waals surface area contributed by atoms with Gasteiger partial charge in [0, 0.05) is 10.5 Å². The van der Waals surface area contributed by atoms with Crippen molar-refractivity contribution in [2.24, 2.45) is 0 Å². The Morgan fingerprint density at radius 2 is 1.64 bits per heavy atom. The average molecular weight is 457 g/mol. The Morgan fingerprint density at radius 3 is 2.39 bits per heavy atom. The maximum absolute atomic E-state index is 12.6. The SMILES string of the molecule is O=C1/C(=C/c2ccccc2Br)Oc2cc(OS(=O)(=O)c3ccccc3)ccc21. The van der Waals surface area contributed by atoms with E-state index < -0.39 is 10.1 Å². The quantitative estimate of drug-likeness (QED) is 0.415. The van der Waals surface area contributed by atoms with Crippen LogP contribution in [0.25, 0.3) is 6.08 Å². The molecule has 0 radical (unpaired) electrons. The monoisotopic (exact) mass is 456 g/mol. The van der Waals surface area contributed by atoms with Crippen molar-refractivity contribution in [1.82, 2.24) is 0 Å². The molecule has 0 N–H and O–H groups in total. The fourth-order valence-corrected chi connectivity index (χ4v) is 4.06. The van der Waals surface area contributed by atoms with Gasteiger partial charge in [-0.05, 0) is 42.0 Å². The van der Waals surface area contributed by atoms with E-state index in [0.717, 1.165) is 10.0 Å². The van der Waals surface area contributed by atoms with Crippen molar-refractivity contribution in [3.05, 3.63) is 94.2 Å². The molecule has 0 saturated heterocycles. The van der Waals surface area contributed by atoms with Gasteiger partial charge in [0.15, 0.2) is 5.76 Å². The molecule has 3 aromatic rings. The van der Waals surface area contributed by atoms with Crippen molar-refractivity contribution in [3.8, 4) is 11.5 Å². The molecular weight excluding hydrogens is 444 g/mol. The van der Waals surface area contributed by atoms with Crippen molar-refractivity contribution in [2.75, 3.05) is 0 Å². The van der Waals surface area contributed by atoms with Crippen LogP contribution in [0.4, 0.5) is 0 Å². The predicted octanol–water partition coefficient (Wildman–Crippen LogP) is 4.83. The summed E-state index contributed by atoms with van der Waals surface area (Å²) < 4.78 is 36.4. The standard InChI is InChI=1S/C21H13BrO5S/c22-18-9-5-4-6-14(18)12-20-21(23)17-11-10-15(13-19(17)26-20)27-28(24,25)16-7-2-1-3-8-16/h1-13H/b20-12-. The Balaban J connectivity index is 1.62. The summed E-state index contributed by atoms with van der Waals surface area (Å²) >= 11 is 3.43. The molecule has 0 atom stereocenters. The van der Waals surface area contributed by atoms with E-state index in [1.165, 1.54) is 30.3 Å². The molecule has 3 aromatic carbocycles. The number of hydrogen-bond acceptors (Lipinski definition) is 5. The lowest BCUT2D eigenvalue weighted by Crippen LogP contribution is -2.09. The van der Waals surface area contributed by atoms with Crippen molar-refractivity contribution >= 4 is 37.9 Å². The second-order valence-corrected chi connectivity index (χ2v) is 8.37. The highest BCUT2D eigenvalue weighted by atomic mass is 79.9. The van der Waals surface area contributed by atoms with Gasteiger partial charge in [0.1, 0.15) is 16.4 Å². The van der Waals surface area contributed by atoms with Crippen molar-refractivity contribution in [1.29, 1.82) is 0 Å². The Labute approximate surface area is 170 Å². The van der Waals surface area contributed by atoms with Gasteiger partial charge in [-0.2, -0.15) is 8.42 Å². The zero-order valence-electron chi connectivity index (χ0n) is 14.3. The summed E-state index contributed by atoms with van der Waals surface area (Å²) in [6.45, 7) is 0. The average Bonchev–Trinajstić information content (AvgIpc) is 2.99. The normalized spacial score (nSPS) is 14.6. The summed E-state index contributed by atoms with van der Waals surface area (Å²) in [5, 5.41) is 0. The van der Waals surface area contributed by atoms with Crippen LogP contribution in [-0.4, -0.2) is 14.2 Å². The molecule has 0 amide bonds. The summed E-state index contributed by atoms with van der Waals surface area (Å²) in [6.07, 6.45) is 1.63. The molecule has 4 rings (SSSR count). The second kappa shape index (κ2) is 7.26. The highest BCUT2D eigenvalue weighted by molar-refractivity contribution is 9.10. The smallest absolute Gasteiger partial charge is 0.339 e. The maximum atomic E-state index is 12.6. The van der Waals surface area contributed by atoms with Gasteiger partial charge in [0.2, 0.25) is 5.78 Å². The molecule has 0 aromatic heterocycles. The minimum absolute atomic E-state index is 0.0435. The number of ketones is 1. The fraction of sp³-hybridized carbons (Fsp3) is 0. The van der Waals surface area contributed by atoms with Crippen LogP contribution in [0, 0.1) is 0 Å². The van der Waals surface area contributed by atoms with Gasteiger partial charge in [-0.1, -0.05) is 52.3 Å². The van der Waals surface area contributed by atoms with E-state index in [1.807, 2.05) is 24.3 Å². The van der Waals surface area contributed by atoms with Gasteiger partial charge in [-0.25, -0.2) is 0 Å². The van der Waals surface area contributed by atoms with Gasteiger partial charge >= 0.3 is 10.1 Å². The molecule has 0 saturated carbocycles. The number of Topliss-reactive ketones (excluding diaryl/α,β-unsaturated/α-hetero) is 1. The lowest BCUT2D eigenvalue weighted by molar-refractivity contribution is 0.101. The summed E-state index contributed by atoms with van der Waals surface area (Å²) in [5.41, 5.74) is 1.14. The minimum atomic E-state index is -3.97. The highest BCUT2D eigenvalue weighted by Crippen LogP contribution is 2.36. The number of ether oxygens (including phenoxy) is 1. The van der Waals surface area contributed by atoms with Crippen molar-refractivity contribution < 1.29 is 22.1 Å². The number of benzene rings is 3. The lowest BCUT2D eigenvalue weighted by Gasteiger charge is -2.07. The lowest BCUT2D eigenvalue weighted by atomic mass is 10.1. The number of hydrogen-bond donors (Lipinski definition) is 0. The summed E-state index contributed by atoms with van der Waals surface area (Å²) in [4.78, 5) is 12.6. The maximum Gasteiger partial charge on any atom is 0.339 e. The number of halogens is 1. The van der Waals surface area contributed by atoms with Crippen LogP contribution < -0.4 is 8.92 Å². The zero-order chi connectivity index (χ0) is 19.7. The number of fused-ring (bicyclic) bond motifs is 1. The third-order valence-electron chi connectivity index (χ3n) is 4.07. The molecule has 140 valence electrons. The topological polar surface area (TPSA) is 69.7 Å². The molecule has 1 aliphatic rings.